The topological polar surface area (TPSA) is 172 Å². The highest BCUT2D eigenvalue weighted by Gasteiger charge is 2.43. The maximum atomic E-state index is 14.9. The third kappa shape index (κ3) is 13.4. The lowest BCUT2D eigenvalue weighted by molar-refractivity contribution is -0.124. The minimum absolute atomic E-state index is 0.0145. The highest BCUT2D eigenvalue weighted by molar-refractivity contribution is 7.59. The predicted octanol–water partition coefficient (Wildman–Crippen LogP) is 6.53. The fourth-order valence-corrected chi connectivity index (χ4v) is 7.81. The van der Waals surface area contributed by atoms with Crippen LogP contribution in [0, 0.1) is 11.8 Å². The van der Waals surface area contributed by atoms with Crippen LogP contribution in [0.1, 0.15) is 49.9 Å². The van der Waals surface area contributed by atoms with Crippen molar-refractivity contribution in [3.63, 3.8) is 0 Å². The second-order valence-electron chi connectivity index (χ2n) is 14.0. The number of rotatable bonds is 18. The van der Waals surface area contributed by atoms with Crippen LogP contribution in [0.2, 0.25) is 0 Å². The molecule has 0 heterocycles. The Morgan fingerprint density at radius 2 is 0.800 bits per heavy atom. The Morgan fingerprint density at radius 1 is 0.509 bits per heavy atom. The molecule has 13 heteroatoms. The molecule has 0 saturated heterocycles. The third-order valence-electron chi connectivity index (χ3n) is 8.93. The smallest absolute Gasteiger partial charge is 0.408 e. The van der Waals surface area contributed by atoms with Gasteiger partial charge in [-0.1, -0.05) is 149 Å². The number of nitrogens with one attached hydrogen (secondary N) is 4. The van der Waals surface area contributed by atoms with Gasteiger partial charge in [-0.05, 0) is 34.1 Å². The molecular formula is C42H51N4O8P. The highest BCUT2D eigenvalue weighted by Crippen LogP contribution is 2.51. The molecule has 4 amide bonds. The van der Waals surface area contributed by atoms with Gasteiger partial charge in [-0.2, -0.15) is 0 Å². The summed E-state index contributed by atoms with van der Waals surface area (Å²) in [6.45, 7) is 6.89. The van der Waals surface area contributed by atoms with E-state index in [0.29, 0.717) is 11.1 Å². The molecule has 55 heavy (non-hydrogen) atoms. The van der Waals surface area contributed by atoms with Crippen molar-refractivity contribution in [1.82, 2.24) is 21.3 Å². The molecule has 4 aromatic rings. The molecular weight excluding hydrogens is 719 g/mol. The highest BCUT2D eigenvalue weighted by atomic mass is 31.2. The summed E-state index contributed by atoms with van der Waals surface area (Å²) < 4.78 is 25.7. The van der Waals surface area contributed by atoms with Gasteiger partial charge >= 0.3 is 12.2 Å². The van der Waals surface area contributed by atoms with E-state index in [9.17, 15) is 28.6 Å². The normalized spacial score (nSPS) is 14.4. The maximum absolute atomic E-state index is 14.9. The lowest BCUT2D eigenvalue weighted by Crippen LogP contribution is -2.55. The molecule has 0 spiro atoms. The van der Waals surface area contributed by atoms with Crippen LogP contribution < -0.4 is 21.3 Å². The molecule has 12 nitrogen and oxygen atoms in total. The van der Waals surface area contributed by atoms with E-state index in [1.54, 1.807) is 113 Å². The van der Waals surface area contributed by atoms with Gasteiger partial charge in [-0.15, -0.1) is 0 Å². The van der Waals surface area contributed by atoms with Crippen molar-refractivity contribution in [2.45, 2.75) is 77.4 Å². The number of hydrogen-bond acceptors (Lipinski definition) is 7. The first-order valence-corrected chi connectivity index (χ1v) is 20.1. The summed E-state index contributed by atoms with van der Waals surface area (Å²) in [7, 11) is -4.62. The third-order valence-corrected chi connectivity index (χ3v) is 11.3. The first-order chi connectivity index (χ1) is 26.3. The average Bonchev–Trinajstić information content (AvgIpc) is 3.18. The van der Waals surface area contributed by atoms with Crippen molar-refractivity contribution in [3.8, 4) is 0 Å². The zero-order valence-electron chi connectivity index (χ0n) is 31.6. The van der Waals surface area contributed by atoms with Gasteiger partial charge in [0.2, 0.25) is 19.2 Å². The van der Waals surface area contributed by atoms with E-state index in [0.717, 1.165) is 11.1 Å². The van der Waals surface area contributed by atoms with Gasteiger partial charge in [-0.25, -0.2) is 9.59 Å². The van der Waals surface area contributed by atoms with Crippen LogP contribution in [-0.4, -0.2) is 52.5 Å². The molecule has 0 fully saturated rings. The van der Waals surface area contributed by atoms with E-state index in [1.807, 2.05) is 36.4 Å². The molecule has 4 aromatic carbocycles. The largest absolute Gasteiger partial charge is 0.445 e. The van der Waals surface area contributed by atoms with E-state index in [4.69, 9.17) is 9.47 Å². The van der Waals surface area contributed by atoms with E-state index in [1.165, 1.54) is 0 Å². The van der Waals surface area contributed by atoms with Crippen molar-refractivity contribution in [2.24, 2.45) is 11.8 Å². The van der Waals surface area contributed by atoms with Crippen molar-refractivity contribution in [3.05, 3.63) is 144 Å². The van der Waals surface area contributed by atoms with Crippen LogP contribution in [0.4, 0.5) is 9.59 Å². The molecule has 292 valence electrons. The van der Waals surface area contributed by atoms with Gasteiger partial charge in [0.25, 0.3) is 0 Å². The van der Waals surface area contributed by atoms with Gasteiger partial charge in [0.15, 0.2) is 0 Å². The molecule has 4 rings (SSSR count). The summed E-state index contributed by atoms with van der Waals surface area (Å²) >= 11 is 0. The van der Waals surface area contributed by atoms with E-state index >= 15 is 0 Å². The number of carbonyl (C=O) groups excluding carboxylic acids is 4. The quantitative estimate of drug-likeness (QED) is 0.0711. The second kappa shape index (κ2) is 20.9. The SMILES string of the molecule is CC(C)[C@H](NC(=O)OCc1ccccc1)C(=O)NC(Cc1ccccc1)P(=O)(O)C(Cc1ccccc1)NC(=O)[C@@H](NC(=O)OCc1ccccc1)C(C)C. The minimum Gasteiger partial charge on any atom is -0.445 e. The zero-order valence-corrected chi connectivity index (χ0v) is 32.5. The van der Waals surface area contributed by atoms with Crippen LogP contribution in [0.15, 0.2) is 121 Å². The molecule has 0 aliphatic rings. The fraction of sp³-hybridized carbons (Fsp3) is 0.333. The number of amides is 4. The standard InChI is InChI=1S/C42H51N4O8P/c1-29(2)37(45-41(49)53-27-33-21-13-7-14-22-33)39(47)43-35(25-31-17-9-5-10-18-31)55(51,52)36(26-32-19-11-6-12-20-32)44-40(48)38(30(3)4)46-42(50)54-28-34-23-15-8-16-24-34/h5-24,29-30,35-38H,25-28H2,1-4H3,(H,43,47)(H,44,48)(H,45,49)(H,46,50)(H,51,52)/t35?,36?,37-,38-/m0/s1. The Balaban J connectivity index is 1.58. The average molecular weight is 771 g/mol. The molecule has 0 aliphatic carbocycles. The number of carbonyl (C=O) groups is 4. The summed E-state index contributed by atoms with van der Waals surface area (Å²) in [6.07, 6.45) is -1.79. The predicted molar refractivity (Wildman–Crippen MR) is 211 cm³/mol. The lowest BCUT2D eigenvalue weighted by atomic mass is 10.0. The molecule has 5 N–H and O–H groups in total. The Kier molecular flexibility index (Phi) is 16.0. The Hall–Kier alpha value is -5.45. The minimum atomic E-state index is -4.62. The summed E-state index contributed by atoms with van der Waals surface area (Å²) in [5.74, 6) is -5.07. The summed E-state index contributed by atoms with van der Waals surface area (Å²) in [4.78, 5) is 65.8. The van der Waals surface area contributed by atoms with Crippen LogP contribution >= 0.6 is 7.37 Å². The van der Waals surface area contributed by atoms with Gasteiger partial charge in [-0.3, -0.25) is 14.2 Å². The van der Waals surface area contributed by atoms with Gasteiger partial charge in [0.1, 0.15) is 36.9 Å². The zero-order chi connectivity index (χ0) is 39.8. The van der Waals surface area contributed by atoms with Crippen LogP contribution in [0.3, 0.4) is 0 Å². The lowest BCUT2D eigenvalue weighted by Gasteiger charge is -2.34. The van der Waals surface area contributed by atoms with Crippen molar-refractivity contribution in [2.75, 3.05) is 0 Å². The van der Waals surface area contributed by atoms with E-state index in [2.05, 4.69) is 21.3 Å². The van der Waals surface area contributed by atoms with E-state index in [-0.39, 0.29) is 26.1 Å². The molecule has 0 aliphatic heterocycles. The van der Waals surface area contributed by atoms with Crippen LogP contribution in [0.5, 0.6) is 0 Å². The number of ether oxygens (including phenoxy) is 2. The molecule has 2 unspecified atom stereocenters. The second-order valence-corrected chi connectivity index (χ2v) is 16.5. The van der Waals surface area contributed by atoms with Crippen LogP contribution in [0.25, 0.3) is 0 Å². The van der Waals surface area contributed by atoms with Gasteiger partial charge in [0.05, 0.1) is 0 Å². The van der Waals surface area contributed by atoms with Crippen molar-refractivity contribution < 1.29 is 38.1 Å². The summed E-state index contributed by atoms with van der Waals surface area (Å²) in [5, 5.41) is 10.7. The van der Waals surface area contributed by atoms with Crippen molar-refractivity contribution >= 4 is 31.4 Å². The van der Waals surface area contributed by atoms with Crippen molar-refractivity contribution in [1.29, 1.82) is 0 Å². The monoisotopic (exact) mass is 770 g/mol. The molecule has 4 atom stereocenters. The van der Waals surface area contributed by atoms with E-state index < -0.39 is 66.9 Å². The molecule has 0 aromatic heterocycles. The van der Waals surface area contributed by atoms with Gasteiger partial charge < -0.3 is 35.6 Å². The Morgan fingerprint density at radius 3 is 1.09 bits per heavy atom. The molecule has 0 radical (unpaired) electrons. The first-order valence-electron chi connectivity index (χ1n) is 18.3. The number of benzene rings is 4. The summed E-state index contributed by atoms with van der Waals surface area (Å²) in [6, 6.07) is 33.7. The molecule has 0 saturated carbocycles. The van der Waals surface area contributed by atoms with Crippen LogP contribution in [-0.2, 0) is 49.7 Å². The molecule has 0 bridgehead atoms. The Bertz CT molecular complexity index is 1730. The number of alkyl carbamates (subject to hydrolysis) is 2. The fourth-order valence-electron chi connectivity index (χ4n) is 5.80. The maximum Gasteiger partial charge on any atom is 0.408 e. The Labute approximate surface area is 322 Å². The number of hydrogen-bond donors (Lipinski definition) is 5. The first kappa shape index (κ1) is 42.3. The van der Waals surface area contributed by atoms with Gasteiger partial charge in [0, 0.05) is 12.8 Å². The summed E-state index contributed by atoms with van der Waals surface area (Å²) in [5.41, 5.74) is 2.84.